The number of thiazole rings is 1. The average Bonchev–Trinajstić information content (AvgIpc) is 3.65. The van der Waals surface area contributed by atoms with Gasteiger partial charge in [0.15, 0.2) is 5.82 Å². The van der Waals surface area contributed by atoms with Crippen LogP contribution in [0.5, 0.6) is 0 Å². The maximum Gasteiger partial charge on any atom is 0.256 e. The topological polar surface area (TPSA) is 160 Å². The van der Waals surface area contributed by atoms with E-state index in [4.69, 9.17) is 9.72 Å². The number of aliphatic hydroxyl groups is 1. The Kier molecular flexibility index (Phi) is 8.96. The van der Waals surface area contributed by atoms with Gasteiger partial charge in [-0.25, -0.2) is 28.4 Å². The van der Waals surface area contributed by atoms with Crippen LogP contribution in [0.15, 0.2) is 42.3 Å². The van der Waals surface area contributed by atoms with Crippen LogP contribution in [0.2, 0.25) is 0 Å². The van der Waals surface area contributed by atoms with Crippen molar-refractivity contribution in [3.8, 4) is 23.2 Å². The summed E-state index contributed by atoms with van der Waals surface area (Å²) in [5.74, 6) is 7.88. The van der Waals surface area contributed by atoms with Gasteiger partial charge >= 0.3 is 0 Å². The predicted octanol–water partition coefficient (Wildman–Crippen LogP) is 3.22. The van der Waals surface area contributed by atoms with E-state index in [0.29, 0.717) is 35.9 Å². The Bertz CT molecular complexity index is 1850. The predicted molar refractivity (Wildman–Crippen MR) is 174 cm³/mol. The number of aliphatic hydroxyl groups excluding tert-OH is 1. The molecule has 7 rings (SSSR count). The van der Waals surface area contributed by atoms with Crippen LogP contribution in [0.25, 0.3) is 11.4 Å². The van der Waals surface area contributed by atoms with E-state index in [1.165, 1.54) is 12.4 Å². The SMILES string of the molecule is O=S(=O)(C1CC1)n1cc(-c2nccc(Nc3cc(NC4CCC(O)CC4)c(C#Cc4csc(CN5CCOCC5)n4)cn3)n2)cn1. The smallest absolute Gasteiger partial charge is 0.256 e. The molecule has 0 spiro atoms. The molecule has 15 heteroatoms. The number of hydrogen-bond donors (Lipinski definition) is 3. The molecule has 4 aromatic rings. The molecule has 1 saturated heterocycles. The maximum absolute atomic E-state index is 12.6. The number of morpholine rings is 1. The summed E-state index contributed by atoms with van der Waals surface area (Å²) in [4.78, 5) is 20.6. The minimum absolute atomic E-state index is 0.202. The largest absolute Gasteiger partial charge is 0.393 e. The standard InChI is InChI=1S/C31H35N9O4S2/c41-25-5-3-23(4-6-25)35-27-15-29(33-16-21(27)1-2-24-20-45-30(36-24)19-39-11-13-44-14-12-39)37-28-9-10-32-31(38-28)22-17-34-40(18-22)46(42,43)26-7-8-26/h9-10,15-18,20,23,25-26,41H,3-8,11-14,19H2,(H2,32,33,35,37,38). The molecule has 1 aliphatic heterocycles. The molecule has 3 fully saturated rings. The van der Waals surface area contributed by atoms with E-state index >= 15 is 0 Å². The fourth-order valence-electron chi connectivity index (χ4n) is 5.48. The second-order valence-corrected chi connectivity index (χ2v) is 14.8. The third kappa shape index (κ3) is 7.37. The van der Waals surface area contributed by atoms with E-state index < -0.39 is 10.0 Å². The van der Waals surface area contributed by atoms with Gasteiger partial charge in [-0.2, -0.15) is 9.19 Å². The zero-order valence-corrected chi connectivity index (χ0v) is 26.8. The summed E-state index contributed by atoms with van der Waals surface area (Å²) in [6.07, 6.45) is 10.5. The lowest BCUT2D eigenvalue weighted by molar-refractivity contribution is 0.0341. The van der Waals surface area contributed by atoms with Crippen molar-refractivity contribution in [3.05, 3.63) is 58.6 Å². The summed E-state index contributed by atoms with van der Waals surface area (Å²) in [6, 6.07) is 3.83. The van der Waals surface area contributed by atoms with Crippen molar-refractivity contribution in [1.29, 1.82) is 0 Å². The van der Waals surface area contributed by atoms with Gasteiger partial charge in [0.25, 0.3) is 10.0 Å². The summed E-state index contributed by atoms with van der Waals surface area (Å²) in [6.45, 7) is 4.12. The Morgan fingerprint density at radius 3 is 2.65 bits per heavy atom. The van der Waals surface area contributed by atoms with E-state index in [9.17, 15) is 13.5 Å². The minimum Gasteiger partial charge on any atom is -0.393 e. The Hall–Kier alpha value is -3.94. The van der Waals surface area contributed by atoms with Gasteiger partial charge < -0.3 is 20.5 Å². The molecule has 4 aromatic heterocycles. The Morgan fingerprint density at radius 2 is 1.85 bits per heavy atom. The average molecular weight is 662 g/mol. The van der Waals surface area contributed by atoms with Crippen molar-refractivity contribution in [2.45, 2.75) is 62.5 Å². The molecule has 3 N–H and O–H groups in total. The highest BCUT2D eigenvalue weighted by atomic mass is 32.2. The Labute approximate surface area is 271 Å². The van der Waals surface area contributed by atoms with Crippen LogP contribution in [-0.2, 0) is 21.3 Å². The maximum atomic E-state index is 12.6. The van der Waals surface area contributed by atoms with Gasteiger partial charge in [-0.15, -0.1) is 11.3 Å². The van der Waals surface area contributed by atoms with Crippen LogP contribution in [0, 0.1) is 11.8 Å². The molecule has 3 aliphatic rings. The first-order chi connectivity index (χ1) is 22.4. The fraction of sp³-hybridized carbons (Fsp3) is 0.452. The highest BCUT2D eigenvalue weighted by molar-refractivity contribution is 7.90. The lowest BCUT2D eigenvalue weighted by Gasteiger charge is -2.27. The lowest BCUT2D eigenvalue weighted by Crippen LogP contribution is -2.35. The first kappa shape index (κ1) is 30.7. The molecular weight excluding hydrogens is 627 g/mol. The minimum atomic E-state index is -3.48. The van der Waals surface area contributed by atoms with Crippen molar-refractivity contribution >= 4 is 38.7 Å². The van der Waals surface area contributed by atoms with E-state index in [1.807, 2.05) is 11.4 Å². The normalized spacial score (nSPS) is 20.5. The summed E-state index contributed by atoms with van der Waals surface area (Å²) >= 11 is 1.61. The van der Waals surface area contributed by atoms with E-state index in [1.54, 1.807) is 29.8 Å². The summed E-state index contributed by atoms with van der Waals surface area (Å²) in [7, 11) is -3.48. The number of rotatable bonds is 9. The highest BCUT2D eigenvalue weighted by Gasteiger charge is 2.37. The number of aromatic nitrogens is 6. The van der Waals surface area contributed by atoms with Gasteiger partial charge in [0.2, 0.25) is 0 Å². The molecule has 0 bridgehead atoms. The second kappa shape index (κ2) is 13.4. The molecule has 46 heavy (non-hydrogen) atoms. The molecule has 0 unspecified atom stereocenters. The molecule has 13 nitrogen and oxygen atoms in total. The third-order valence-corrected chi connectivity index (χ3v) is 11.1. The van der Waals surface area contributed by atoms with Crippen LogP contribution < -0.4 is 10.6 Å². The highest BCUT2D eigenvalue weighted by Crippen LogP contribution is 2.31. The lowest BCUT2D eigenvalue weighted by atomic mass is 9.93. The van der Waals surface area contributed by atoms with Crippen LogP contribution in [-0.4, -0.2) is 91.2 Å². The third-order valence-electron chi connectivity index (χ3n) is 8.24. The molecule has 240 valence electrons. The molecule has 0 amide bonds. The Balaban J connectivity index is 1.10. The molecule has 0 atom stereocenters. The van der Waals surface area contributed by atoms with Gasteiger partial charge in [0.1, 0.15) is 22.3 Å². The summed E-state index contributed by atoms with van der Waals surface area (Å²) in [5, 5.41) is 23.6. The number of pyridine rings is 1. The van der Waals surface area contributed by atoms with Gasteiger partial charge in [-0.1, -0.05) is 5.92 Å². The van der Waals surface area contributed by atoms with E-state index in [0.717, 1.165) is 84.6 Å². The quantitative estimate of drug-likeness (QED) is 0.225. The molecule has 2 saturated carbocycles. The Morgan fingerprint density at radius 1 is 1.02 bits per heavy atom. The number of ether oxygens (including phenoxy) is 1. The van der Waals surface area contributed by atoms with Crippen molar-refractivity contribution in [2.75, 3.05) is 36.9 Å². The molecular formula is C31H35N9O4S2. The second-order valence-electron chi connectivity index (χ2n) is 11.8. The van der Waals surface area contributed by atoms with Gasteiger partial charge in [0, 0.05) is 43.0 Å². The number of anilines is 3. The van der Waals surface area contributed by atoms with Crippen LogP contribution in [0.1, 0.15) is 54.8 Å². The molecule has 5 heterocycles. The van der Waals surface area contributed by atoms with Crippen molar-refractivity contribution in [3.63, 3.8) is 0 Å². The van der Waals surface area contributed by atoms with Gasteiger partial charge in [0.05, 0.1) is 60.3 Å². The van der Waals surface area contributed by atoms with Crippen molar-refractivity contribution in [1.82, 2.24) is 34.0 Å². The fourth-order valence-corrected chi connectivity index (χ4v) is 7.73. The summed E-state index contributed by atoms with van der Waals surface area (Å²) in [5.41, 5.74) is 2.80. The monoisotopic (exact) mass is 661 g/mol. The molecule has 0 radical (unpaired) electrons. The van der Waals surface area contributed by atoms with Crippen molar-refractivity contribution < 1.29 is 18.3 Å². The van der Waals surface area contributed by atoms with Crippen LogP contribution in [0.3, 0.4) is 0 Å². The number of hydrogen-bond acceptors (Lipinski definition) is 13. The number of nitrogens with one attached hydrogen (secondary N) is 2. The van der Waals surface area contributed by atoms with E-state index in [-0.39, 0.29) is 17.4 Å². The van der Waals surface area contributed by atoms with Crippen LogP contribution in [0.4, 0.5) is 17.3 Å². The number of nitrogens with zero attached hydrogens (tertiary/aromatic N) is 7. The zero-order chi connectivity index (χ0) is 31.5. The van der Waals surface area contributed by atoms with Crippen molar-refractivity contribution in [2.24, 2.45) is 0 Å². The van der Waals surface area contributed by atoms with Crippen LogP contribution >= 0.6 is 11.3 Å². The molecule has 0 aromatic carbocycles. The first-order valence-electron chi connectivity index (χ1n) is 15.5. The van der Waals surface area contributed by atoms with E-state index in [2.05, 4.69) is 47.4 Å². The first-order valence-corrected chi connectivity index (χ1v) is 17.9. The van der Waals surface area contributed by atoms with Gasteiger partial charge in [-0.3, -0.25) is 4.90 Å². The van der Waals surface area contributed by atoms with Gasteiger partial charge in [-0.05, 0) is 50.5 Å². The molecule has 2 aliphatic carbocycles. The summed E-state index contributed by atoms with van der Waals surface area (Å²) < 4.78 is 31.6. The zero-order valence-electron chi connectivity index (χ0n) is 25.2.